The molecule has 0 radical (unpaired) electrons. The lowest BCUT2D eigenvalue weighted by molar-refractivity contribution is -0.121. The van der Waals surface area contributed by atoms with Gasteiger partial charge in [0.05, 0.1) is 30.9 Å². The van der Waals surface area contributed by atoms with Gasteiger partial charge in [-0.25, -0.2) is 8.42 Å². The number of hydrogen-bond acceptors (Lipinski definition) is 5. The third kappa shape index (κ3) is 6.10. The number of carbonyl (C=O) groups excluding carboxylic acids is 1. The van der Waals surface area contributed by atoms with Crippen LogP contribution in [0.25, 0.3) is 0 Å². The molecule has 0 aliphatic rings. The van der Waals surface area contributed by atoms with Gasteiger partial charge in [-0.2, -0.15) is 4.31 Å². The van der Waals surface area contributed by atoms with Crippen LogP contribution in [0.2, 0.25) is 5.02 Å². The van der Waals surface area contributed by atoms with Gasteiger partial charge >= 0.3 is 0 Å². The van der Waals surface area contributed by atoms with Crippen LogP contribution in [0.5, 0.6) is 5.75 Å². The monoisotopic (exact) mass is 462 g/mol. The molecule has 164 valence electrons. The molecule has 1 aromatic heterocycles. The zero-order valence-corrected chi connectivity index (χ0v) is 18.5. The molecule has 0 saturated carbocycles. The van der Waals surface area contributed by atoms with Crippen molar-refractivity contribution in [3.63, 3.8) is 0 Å². The molecule has 1 amide bonds. The Bertz CT molecular complexity index is 1100. The van der Waals surface area contributed by atoms with Gasteiger partial charge in [-0.1, -0.05) is 29.8 Å². The summed E-state index contributed by atoms with van der Waals surface area (Å²) in [7, 11) is -3.98. The standard InChI is InChI=1S/C22H23ClN2O5S/c1-2-29-18-9-11-20(12-10-18)31(27,28)25(15-17-6-3-4-8-21(17)23)16-22(26)24-14-19-7-5-13-30-19/h3-13H,2,14-16H2,1H3,(H,24,26). The van der Waals surface area contributed by atoms with E-state index in [1.165, 1.54) is 18.4 Å². The van der Waals surface area contributed by atoms with Crippen molar-refractivity contribution in [1.82, 2.24) is 9.62 Å². The summed E-state index contributed by atoms with van der Waals surface area (Å²) in [6.07, 6.45) is 1.50. The normalized spacial score (nSPS) is 11.5. The van der Waals surface area contributed by atoms with Crippen LogP contribution >= 0.6 is 11.6 Å². The molecule has 2 aromatic carbocycles. The van der Waals surface area contributed by atoms with Crippen LogP contribution in [-0.2, 0) is 27.9 Å². The Morgan fingerprint density at radius 2 is 1.84 bits per heavy atom. The molecule has 3 rings (SSSR count). The van der Waals surface area contributed by atoms with Crippen molar-refractivity contribution in [2.75, 3.05) is 13.2 Å². The third-order valence-corrected chi connectivity index (χ3v) is 6.61. The minimum Gasteiger partial charge on any atom is -0.494 e. The Morgan fingerprint density at radius 3 is 2.48 bits per heavy atom. The summed E-state index contributed by atoms with van der Waals surface area (Å²) in [6, 6.07) is 16.4. The largest absolute Gasteiger partial charge is 0.494 e. The molecular formula is C22H23ClN2O5S. The molecule has 7 nitrogen and oxygen atoms in total. The van der Waals surface area contributed by atoms with Gasteiger partial charge in [0.2, 0.25) is 15.9 Å². The lowest BCUT2D eigenvalue weighted by Gasteiger charge is -2.22. The SMILES string of the molecule is CCOc1ccc(S(=O)(=O)N(CC(=O)NCc2ccco2)Cc2ccccc2Cl)cc1. The Hall–Kier alpha value is -2.81. The Labute approximate surface area is 186 Å². The van der Waals surface area contributed by atoms with Crippen molar-refractivity contribution in [2.45, 2.75) is 24.9 Å². The van der Waals surface area contributed by atoms with Crippen molar-refractivity contribution in [1.29, 1.82) is 0 Å². The molecule has 0 spiro atoms. The maximum Gasteiger partial charge on any atom is 0.243 e. The first kappa shape index (κ1) is 22.9. The Kier molecular flexibility index (Phi) is 7.73. The number of hydrogen-bond donors (Lipinski definition) is 1. The van der Waals surface area contributed by atoms with E-state index in [1.807, 2.05) is 6.92 Å². The summed E-state index contributed by atoms with van der Waals surface area (Å²) < 4.78 is 38.3. The topological polar surface area (TPSA) is 88.9 Å². The number of rotatable bonds is 10. The van der Waals surface area contributed by atoms with Gasteiger partial charge in [0.1, 0.15) is 11.5 Å². The minimum atomic E-state index is -3.98. The zero-order chi connectivity index (χ0) is 22.3. The summed E-state index contributed by atoms with van der Waals surface area (Å²) >= 11 is 6.23. The van der Waals surface area contributed by atoms with Crippen LogP contribution in [-0.4, -0.2) is 31.8 Å². The number of amides is 1. The third-order valence-electron chi connectivity index (χ3n) is 4.44. The second kappa shape index (κ2) is 10.5. The predicted molar refractivity (Wildman–Crippen MR) is 117 cm³/mol. The number of benzene rings is 2. The highest BCUT2D eigenvalue weighted by Gasteiger charge is 2.27. The molecule has 0 unspecified atom stereocenters. The van der Waals surface area contributed by atoms with E-state index in [-0.39, 0.29) is 24.5 Å². The van der Waals surface area contributed by atoms with Crippen LogP contribution in [0.3, 0.4) is 0 Å². The number of nitrogens with zero attached hydrogens (tertiary/aromatic N) is 1. The van der Waals surface area contributed by atoms with Gasteiger partial charge in [-0.3, -0.25) is 4.79 Å². The summed E-state index contributed by atoms with van der Waals surface area (Å²) in [5.41, 5.74) is 0.595. The van der Waals surface area contributed by atoms with E-state index in [1.54, 1.807) is 48.5 Å². The highest BCUT2D eigenvalue weighted by molar-refractivity contribution is 7.89. The van der Waals surface area contributed by atoms with Crippen molar-refractivity contribution >= 4 is 27.5 Å². The fourth-order valence-corrected chi connectivity index (χ4v) is 4.45. The van der Waals surface area contributed by atoms with Gasteiger partial charge in [0, 0.05) is 11.6 Å². The first-order valence-electron chi connectivity index (χ1n) is 9.65. The molecule has 9 heteroatoms. The quantitative estimate of drug-likeness (QED) is 0.494. The molecule has 0 atom stereocenters. The molecule has 1 N–H and O–H groups in total. The van der Waals surface area contributed by atoms with E-state index in [0.29, 0.717) is 28.7 Å². The number of ether oxygens (including phenoxy) is 1. The first-order valence-corrected chi connectivity index (χ1v) is 11.5. The van der Waals surface area contributed by atoms with Gasteiger partial charge in [-0.05, 0) is 55.0 Å². The fraction of sp³-hybridized carbons (Fsp3) is 0.227. The van der Waals surface area contributed by atoms with Crippen LogP contribution in [0.4, 0.5) is 0 Å². The number of sulfonamides is 1. The van der Waals surface area contributed by atoms with Crippen LogP contribution in [0.15, 0.2) is 76.2 Å². The summed E-state index contributed by atoms with van der Waals surface area (Å²) in [5, 5.41) is 3.10. The van der Waals surface area contributed by atoms with E-state index >= 15 is 0 Å². The highest BCUT2D eigenvalue weighted by Crippen LogP contribution is 2.24. The van der Waals surface area contributed by atoms with E-state index < -0.39 is 15.9 Å². The number of nitrogens with one attached hydrogen (secondary N) is 1. The average molecular weight is 463 g/mol. The second-order valence-corrected chi connectivity index (χ2v) is 8.97. The molecule has 31 heavy (non-hydrogen) atoms. The molecule has 0 aliphatic heterocycles. The minimum absolute atomic E-state index is 0.0522. The molecule has 1 heterocycles. The molecule has 0 aliphatic carbocycles. The second-order valence-electron chi connectivity index (χ2n) is 6.63. The maximum atomic E-state index is 13.3. The molecule has 0 fully saturated rings. The van der Waals surface area contributed by atoms with Crippen molar-refractivity contribution < 1.29 is 22.4 Å². The Morgan fingerprint density at radius 1 is 1.10 bits per heavy atom. The smallest absolute Gasteiger partial charge is 0.243 e. The van der Waals surface area contributed by atoms with Gasteiger partial charge < -0.3 is 14.5 Å². The maximum absolute atomic E-state index is 13.3. The Balaban J connectivity index is 1.83. The van der Waals surface area contributed by atoms with Gasteiger partial charge in [0.15, 0.2) is 0 Å². The summed E-state index contributed by atoms with van der Waals surface area (Å²) in [5.74, 6) is 0.675. The number of carbonyl (C=O) groups is 1. The molecule has 3 aromatic rings. The lowest BCUT2D eigenvalue weighted by Crippen LogP contribution is -2.40. The van der Waals surface area contributed by atoms with Gasteiger partial charge in [-0.15, -0.1) is 0 Å². The number of halogens is 1. The molecule has 0 saturated heterocycles. The predicted octanol–water partition coefficient (Wildman–Crippen LogP) is 3.84. The van der Waals surface area contributed by atoms with Crippen molar-refractivity contribution in [3.8, 4) is 5.75 Å². The fourth-order valence-electron chi connectivity index (χ4n) is 2.88. The van der Waals surface area contributed by atoms with Crippen molar-refractivity contribution in [3.05, 3.63) is 83.3 Å². The lowest BCUT2D eigenvalue weighted by atomic mass is 10.2. The molecular weight excluding hydrogens is 440 g/mol. The highest BCUT2D eigenvalue weighted by atomic mass is 35.5. The zero-order valence-electron chi connectivity index (χ0n) is 17.0. The first-order chi connectivity index (χ1) is 14.9. The van der Waals surface area contributed by atoms with E-state index in [0.717, 1.165) is 4.31 Å². The summed E-state index contributed by atoms with van der Waals surface area (Å²) in [4.78, 5) is 12.6. The number of furan rings is 1. The van der Waals surface area contributed by atoms with Crippen LogP contribution in [0.1, 0.15) is 18.2 Å². The van der Waals surface area contributed by atoms with E-state index in [2.05, 4.69) is 5.32 Å². The van der Waals surface area contributed by atoms with Crippen molar-refractivity contribution in [2.24, 2.45) is 0 Å². The van der Waals surface area contributed by atoms with Gasteiger partial charge in [0.25, 0.3) is 0 Å². The van der Waals surface area contributed by atoms with Crippen LogP contribution in [0, 0.1) is 0 Å². The van der Waals surface area contributed by atoms with E-state index in [9.17, 15) is 13.2 Å². The van der Waals surface area contributed by atoms with E-state index in [4.69, 9.17) is 20.8 Å². The van der Waals surface area contributed by atoms with Crippen LogP contribution < -0.4 is 10.1 Å². The average Bonchev–Trinajstić information content (AvgIpc) is 3.28. The summed E-state index contributed by atoms with van der Waals surface area (Å²) in [6.45, 7) is 2.05. The molecule has 0 bridgehead atoms.